The Bertz CT molecular complexity index is 240. The average molecular weight is 206 g/mol. The predicted octanol–water partition coefficient (Wildman–Crippen LogP) is 3.40. The Morgan fingerprint density at radius 3 is 2.57 bits per heavy atom. The van der Waals surface area contributed by atoms with Crippen molar-refractivity contribution in [2.75, 3.05) is 0 Å². The maximum atomic E-state index is 11.8. The van der Waals surface area contributed by atoms with Crippen LogP contribution < -0.4 is 0 Å². The van der Waals surface area contributed by atoms with Crippen LogP contribution in [0.4, 0.5) is 13.2 Å². The van der Waals surface area contributed by atoms with Crippen LogP contribution in [0.25, 0.3) is 0 Å². The first kappa shape index (κ1) is 11.3. The van der Waals surface area contributed by atoms with Crippen molar-refractivity contribution in [3.63, 3.8) is 0 Å². The van der Waals surface area contributed by atoms with Crippen LogP contribution in [0, 0.1) is 0 Å². The third-order valence-electron chi connectivity index (χ3n) is 2.37. The molecule has 1 rings (SSSR count). The minimum atomic E-state index is -4.66. The van der Waals surface area contributed by atoms with Gasteiger partial charge in [-0.2, -0.15) is 13.2 Å². The summed E-state index contributed by atoms with van der Waals surface area (Å²) in [5.74, 6) is -1.61. The van der Waals surface area contributed by atoms with Gasteiger partial charge in [-0.05, 0) is 32.1 Å². The van der Waals surface area contributed by atoms with Crippen molar-refractivity contribution in [1.82, 2.24) is 0 Å². The molecule has 4 heteroatoms. The lowest BCUT2D eigenvalue weighted by Crippen LogP contribution is -2.22. The summed E-state index contributed by atoms with van der Waals surface area (Å²) in [6, 6.07) is 0. The fourth-order valence-corrected chi connectivity index (χ4v) is 1.55. The molecule has 0 heterocycles. The highest BCUT2D eigenvalue weighted by Gasteiger charge is 2.37. The fraction of sp³-hybridized carbons (Fsp3) is 0.700. The highest BCUT2D eigenvalue weighted by molar-refractivity contribution is 5.84. The summed E-state index contributed by atoms with van der Waals surface area (Å²) in [5.41, 5.74) is 1.01. The number of alkyl halides is 3. The minimum Gasteiger partial charge on any atom is -0.290 e. The first-order valence-corrected chi connectivity index (χ1v) is 4.78. The topological polar surface area (TPSA) is 17.1 Å². The Hall–Kier alpha value is -0.800. The van der Waals surface area contributed by atoms with Crippen molar-refractivity contribution in [3.05, 3.63) is 11.6 Å². The van der Waals surface area contributed by atoms with Crippen LogP contribution in [0.2, 0.25) is 0 Å². The van der Waals surface area contributed by atoms with E-state index >= 15 is 0 Å². The SMILES string of the molecule is O=C(CCC1=CCCCC1)C(F)(F)F. The molecule has 1 aliphatic rings. The Balaban J connectivity index is 2.33. The smallest absolute Gasteiger partial charge is 0.290 e. The van der Waals surface area contributed by atoms with E-state index in [-0.39, 0.29) is 6.42 Å². The highest BCUT2D eigenvalue weighted by Crippen LogP contribution is 2.24. The van der Waals surface area contributed by atoms with Gasteiger partial charge in [0, 0.05) is 6.42 Å². The van der Waals surface area contributed by atoms with E-state index in [0.717, 1.165) is 31.3 Å². The molecule has 0 aromatic heterocycles. The summed E-state index contributed by atoms with van der Waals surface area (Å²) in [6.07, 6.45) is 1.12. The van der Waals surface area contributed by atoms with Crippen LogP contribution in [0.3, 0.4) is 0 Å². The molecule has 0 aliphatic heterocycles. The zero-order valence-electron chi connectivity index (χ0n) is 7.86. The summed E-state index contributed by atoms with van der Waals surface area (Å²) in [5, 5.41) is 0. The second-order valence-electron chi connectivity index (χ2n) is 3.53. The lowest BCUT2D eigenvalue weighted by molar-refractivity contribution is -0.171. The van der Waals surface area contributed by atoms with E-state index in [1.54, 1.807) is 0 Å². The molecule has 14 heavy (non-hydrogen) atoms. The molecule has 1 nitrogen and oxygen atoms in total. The van der Waals surface area contributed by atoms with Gasteiger partial charge >= 0.3 is 6.18 Å². The molecule has 0 aromatic rings. The normalized spacial score (nSPS) is 17.8. The van der Waals surface area contributed by atoms with Crippen molar-refractivity contribution < 1.29 is 18.0 Å². The Morgan fingerprint density at radius 2 is 2.07 bits per heavy atom. The van der Waals surface area contributed by atoms with Crippen LogP contribution in [-0.4, -0.2) is 12.0 Å². The fourth-order valence-electron chi connectivity index (χ4n) is 1.55. The monoisotopic (exact) mass is 206 g/mol. The molecule has 0 bridgehead atoms. The lowest BCUT2D eigenvalue weighted by atomic mass is 9.95. The number of carbonyl (C=O) groups excluding carboxylic acids is 1. The van der Waals surface area contributed by atoms with Crippen LogP contribution in [-0.2, 0) is 4.79 Å². The highest BCUT2D eigenvalue weighted by atomic mass is 19.4. The van der Waals surface area contributed by atoms with Crippen LogP contribution >= 0.6 is 0 Å². The zero-order chi connectivity index (χ0) is 10.6. The van der Waals surface area contributed by atoms with Crippen molar-refractivity contribution in [3.8, 4) is 0 Å². The van der Waals surface area contributed by atoms with Crippen molar-refractivity contribution in [1.29, 1.82) is 0 Å². The van der Waals surface area contributed by atoms with Gasteiger partial charge in [-0.25, -0.2) is 0 Å². The van der Waals surface area contributed by atoms with Gasteiger partial charge in [-0.1, -0.05) is 11.6 Å². The largest absolute Gasteiger partial charge is 0.449 e. The molecule has 0 unspecified atom stereocenters. The molecule has 0 amide bonds. The summed E-state index contributed by atoms with van der Waals surface area (Å²) in [6.45, 7) is 0. The molecule has 1 aliphatic carbocycles. The average Bonchev–Trinajstić information content (AvgIpc) is 2.14. The number of rotatable bonds is 3. The molecule has 0 atom stereocenters. The molecule has 0 fully saturated rings. The standard InChI is InChI=1S/C10H13F3O/c11-10(12,13)9(14)7-6-8-4-2-1-3-5-8/h4H,1-3,5-7H2. The van der Waals surface area contributed by atoms with Crippen LogP contribution in [0.1, 0.15) is 38.5 Å². The van der Waals surface area contributed by atoms with Gasteiger partial charge in [0.05, 0.1) is 0 Å². The van der Waals surface area contributed by atoms with E-state index in [2.05, 4.69) is 0 Å². The summed E-state index contributed by atoms with van der Waals surface area (Å²) < 4.78 is 35.5. The van der Waals surface area contributed by atoms with Crippen LogP contribution in [0.5, 0.6) is 0 Å². The van der Waals surface area contributed by atoms with E-state index in [4.69, 9.17) is 0 Å². The van der Waals surface area contributed by atoms with Gasteiger partial charge in [0.15, 0.2) is 0 Å². The molecule has 0 N–H and O–H groups in total. The number of halogens is 3. The third-order valence-corrected chi connectivity index (χ3v) is 2.37. The Labute approximate surface area is 81.0 Å². The summed E-state index contributed by atoms with van der Waals surface area (Å²) >= 11 is 0. The number of allylic oxidation sites excluding steroid dienone is 2. The summed E-state index contributed by atoms with van der Waals surface area (Å²) in [4.78, 5) is 10.6. The van der Waals surface area contributed by atoms with Crippen molar-refractivity contribution in [2.24, 2.45) is 0 Å². The van der Waals surface area contributed by atoms with Gasteiger partial charge < -0.3 is 0 Å². The van der Waals surface area contributed by atoms with Gasteiger partial charge in [-0.3, -0.25) is 4.79 Å². The van der Waals surface area contributed by atoms with E-state index in [1.165, 1.54) is 0 Å². The number of hydrogen-bond acceptors (Lipinski definition) is 1. The zero-order valence-corrected chi connectivity index (χ0v) is 7.86. The lowest BCUT2D eigenvalue weighted by Gasteiger charge is -2.12. The van der Waals surface area contributed by atoms with E-state index in [1.807, 2.05) is 6.08 Å². The predicted molar refractivity (Wildman–Crippen MR) is 46.8 cm³/mol. The molecule has 0 radical (unpaired) electrons. The first-order chi connectivity index (χ1) is 6.50. The van der Waals surface area contributed by atoms with Gasteiger partial charge in [-0.15, -0.1) is 0 Å². The Morgan fingerprint density at radius 1 is 1.36 bits per heavy atom. The number of Topliss-reactive ketones (excluding diaryl/α,β-unsaturated/α-hetero) is 1. The second-order valence-corrected chi connectivity index (χ2v) is 3.53. The summed E-state index contributed by atoms with van der Waals surface area (Å²) in [7, 11) is 0. The molecular formula is C10H13F3O. The van der Waals surface area contributed by atoms with Crippen LogP contribution in [0.15, 0.2) is 11.6 Å². The third kappa shape index (κ3) is 3.52. The van der Waals surface area contributed by atoms with Gasteiger partial charge in [0.1, 0.15) is 0 Å². The number of ketones is 1. The van der Waals surface area contributed by atoms with Gasteiger partial charge in [0.25, 0.3) is 0 Å². The quantitative estimate of drug-likeness (QED) is 0.647. The Kier molecular flexibility index (Phi) is 3.72. The molecular weight excluding hydrogens is 193 g/mol. The van der Waals surface area contributed by atoms with E-state index < -0.39 is 18.4 Å². The number of hydrogen-bond donors (Lipinski definition) is 0. The molecule has 0 saturated heterocycles. The number of carbonyl (C=O) groups is 1. The molecule has 80 valence electrons. The second kappa shape index (κ2) is 4.62. The maximum absolute atomic E-state index is 11.8. The van der Waals surface area contributed by atoms with E-state index in [0.29, 0.717) is 0 Å². The maximum Gasteiger partial charge on any atom is 0.449 e. The van der Waals surface area contributed by atoms with Crippen molar-refractivity contribution in [2.45, 2.75) is 44.7 Å². The van der Waals surface area contributed by atoms with E-state index in [9.17, 15) is 18.0 Å². The van der Waals surface area contributed by atoms with Gasteiger partial charge in [0.2, 0.25) is 5.78 Å². The molecule has 0 spiro atoms. The first-order valence-electron chi connectivity index (χ1n) is 4.78. The minimum absolute atomic E-state index is 0.276. The molecule has 0 saturated carbocycles. The van der Waals surface area contributed by atoms with Crippen molar-refractivity contribution >= 4 is 5.78 Å². The molecule has 0 aromatic carbocycles.